The molecule has 0 aliphatic heterocycles. The van der Waals surface area contributed by atoms with Gasteiger partial charge in [-0.15, -0.1) is 0 Å². The van der Waals surface area contributed by atoms with Crippen LogP contribution in [0.25, 0.3) is 0 Å². The summed E-state index contributed by atoms with van der Waals surface area (Å²) < 4.78 is 10.3. The molecule has 0 saturated carbocycles. The Balaban J connectivity index is 2.28. The maximum Gasteiger partial charge on any atom is 0.118 e. The van der Waals surface area contributed by atoms with Crippen molar-refractivity contribution in [3.8, 4) is 11.5 Å². The number of rotatable bonds is 6. The number of methoxy groups -OCH3 is 2. The molecule has 0 fully saturated rings. The second-order valence-electron chi connectivity index (χ2n) is 5.26. The van der Waals surface area contributed by atoms with Crippen LogP contribution in [-0.4, -0.2) is 30.5 Å². The van der Waals surface area contributed by atoms with Crippen LogP contribution in [0.1, 0.15) is 30.1 Å². The van der Waals surface area contributed by atoms with Gasteiger partial charge in [0.05, 0.1) is 26.4 Å². The Labute approximate surface area is 130 Å². The fraction of sp³-hybridized carbons (Fsp3) is 0.333. The van der Waals surface area contributed by atoms with Crippen molar-refractivity contribution in [3.05, 3.63) is 59.7 Å². The van der Waals surface area contributed by atoms with Crippen LogP contribution >= 0.6 is 0 Å². The van der Waals surface area contributed by atoms with Crippen LogP contribution in [0.3, 0.4) is 0 Å². The van der Waals surface area contributed by atoms with Crippen LogP contribution in [-0.2, 0) is 0 Å². The largest absolute Gasteiger partial charge is 0.497 e. The second-order valence-corrected chi connectivity index (χ2v) is 5.26. The van der Waals surface area contributed by atoms with Gasteiger partial charge in [-0.05, 0) is 42.3 Å². The Bertz CT molecular complexity index is 575. The Morgan fingerprint density at radius 2 is 1.14 bits per heavy atom. The minimum atomic E-state index is -0.806. The van der Waals surface area contributed by atoms with Gasteiger partial charge in [-0.25, -0.2) is 0 Å². The summed E-state index contributed by atoms with van der Waals surface area (Å²) >= 11 is 0. The molecule has 0 heterocycles. The molecule has 0 aliphatic carbocycles. The lowest BCUT2D eigenvalue weighted by atomic mass is 9.85. The van der Waals surface area contributed by atoms with E-state index in [0.29, 0.717) is 0 Å². The maximum absolute atomic E-state index is 10.7. The molecule has 3 unspecified atom stereocenters. The monoisotopic (exact) mass is 302 g/mol. The molecule has 0 saturated heterocycles. The third kappa shape index (κ3) is 3.59. The van der Waals surface area contributed by atoms with Crippen LogP contribution in [0, 0.1) is 0 Å². The number of benzene rings is 2. The Kier molecular flexibility index (Phi) is 5.41. The van der Waals surface area contributed by atoms with Crippen LogP contribution in [0.5, 0.6) is 11.5 Å². The Morgan fingerprint density at radius 3 is 1.50 bits per heavy atom. The zero-order chi connectivity index (χ0) is 16.1. The number of aliphatic hydroxyl groups is 2. The molecule has 22 heavy (non-hydrogen) atoms. The van der Waals surface area contributed by atoms with E-state index < -0.39 is 18.1 Å². The molecular formula is C18H22O4. The van der Waals surface area contributed by atoms with Gasteiger partial charge in [0, 0.05) is 5.92 Å². The zero-order valence-corrected chi connectivity index (χ0v) is 13.1. The maximum atomic E-state index is 10.7. The first-order valence-corrected chi connectivity index (χ1v) is 7.21. The van der Waals surface area contributed by atoms with E-state index in [1.54, 1.807) is 33.3 Å². The SMILES string of the molecule is COc1ccc(C(O)C(c2ccc(OC)cc2)C(C)O)cc1. The smallest absolute Gasteiger partial charge is 0.118 e. The predicted molar refractivity (Wildman–Crippen MR) is 85.4 cm³/mol. The van der Waals surface area contributed by atoms with E-state index in [-0.39, 0.29) is 0 Å². The summed E-state index contributed by atoms with van der Waals surface area (Å²) in [5.41, 5.74) is 1.60. The third-order valence-electron chi connectivity index (χ3n) is 3.82. The molecule has 2 N–H and O–H groups in total. The molecule has 3 atom stereocenters. The molecule has 4 heteroatoms. The van der Waals surface area contributed by atoms with Crippen LogP contribution in [0.2, 0.25) is 0 Å². The van der Waals surface area contributed by atoms with Crippen molar-refractivity contribution in [2.24, 2.45) is 0 Å². The van der Waals surface area contributed by atoms with Gasteiger partial charge < -0.3 is 19.7 Å². The van der Waals surface area contributed by atoms with Crippen molar-refractivity contribution in [1.29, 1.82) is 0 Å². The molecule has 0 spiro atoms. The fourth-order valence-corrected chi connectivity index (χ4v) is 2.56. The molecule has 2 aromatic rings. The average Bonchev–Trinajstić information content (AvgIpc) is 2.55. The summed E-state index contributed by atoms with van der Waals surface area (Å²) in [4.78, 5) is 0. The van der Waals surface area contributed by atoms with E-state index in [9.17, 15) is 10.2 Å². The Morgan fingerprint density at radius 1 is 0.727 bits per heavy atom. The molecule has 0 amide bonds. The molecule has 2 aromatic carbocycles. The average molecular weight is 302 g/mol. The van der Waals surface area contributed by atoms with E-state index in [1.165, 1.54) is 0 Å². The van der Waals surface area contributed by atoms with Crippen molar-refractivity contribution < 1.29 is 19.7 Å². The van der Waals surface area contributed by atoms with Gasteiger partial charge in [0.2, 0.25) is 0 Å². The summed E-state index contributed by atoms with van der Waals surface area (Å²) in [7, 11) is 3.20. The first kappa shape index (κ1) is 16.3. The predicted octanol–water partition coefficient (Wildman–Crippen LogP) is 2.90. The molecular weight excluding hydrogens is 280 g/mol. The summed E-state index contributed by atoms with van der Waals surface area (Å²) in [6, 6.07) is 14.6. The van der Waals surface area contributed by atoms with Crippen molar-refractivity contribution in [3.63, 3.8) is 0 Å². The quantitative estimate of drug-likeness (QED) is 0.861. The molecule has 118 valence electrons. The number of hydrogen-bond acceptors (Lipinski definition) is 4. The number of hydrogen-bond donors (Lipinski definition) is 2. The van der Waals surface area contributed by atoms with Crippen LogP contribution in [0.15, 0.2) is 48.5 Å². The highest BCUT2D eigenvalue weighted by Crippen LogP contribution is 2.35. The summed E-state index contributed by atoms with van der Waals surface area (Å²) in [6.07, 6.45) is -1.50. The minimum Gasteiger partial charge on any atom is -0.497 e. The van der Waals surface area contributed by atoms with E-state index in [4.69, 9.17) is 9.47 Å². The zero-order valence-electron chi connectivity index (χ0n) is 13.1. The van der Waals surface area contributed by atoms with Gasteiger partial charge in [-0.3, -0.25) is 0 Å². The lowest BCUT2D eigenvalue weighted by molar-refractivity contribution is 0.0618. The first-order chi connectivity index (χ1) is 10.6. The van der Waals surface area contributed by atoms with E-state index in [2.05, 4.69) is 0 Å². The van der Waals surface area contributed by atoms with Gasteiger partial charge in [0.1, 0.15) is 11.5 Å². The standard InChI is InChI=1S/C18H22O4/c1-12(19)17(13-4-8-15(21-2)9-5-13)18(20)14-6-10-16(22-3)11-7-14/h4-12,17-20H,1-3H3. The van der Waals surface area contributed by atoms with Gasteiger partial charge in [-0.1, -0.05) is 24.3 Å². The lowest BCUT2D eigenvalue weighted by Gasteiger charge is -2.26. The van der Waals surface area contributed by atoms with Crippen molar-refractivity contribution >= 4 is 0 Å². The third-order valence-corrected chi connectivity index (χ3v) is 3.82. The first-order valence-electron chi connectivity index (χ1n) is 7.21. The second kappa shape index (κ2) is 7.29. The van der Waals surface area contributed by atoms with E-state index in [1.807, 2.05) is 36.4 Å². The summed E-state index contributed by atoms with van der Waals surface area (Å²) in [5, 5.41) is 20.8. The van der Waals surface area contributed by atoms with Gasteiger partial charge >= 0.3 is 0 Å². The molecule has 4 nitrogen and oxygen atoms in total. The normalized spacial score (nSPS) is 15.0. The topological polar surface area (TPSA) is 58.9 Å². The van der Waals surface area contributed by atoms with Crippen LogP contribution in [0.4, 0.5) is 0 Å². The van der Waals surface area contributed by atoms with Gasteiger partial charge in [-0.2, -0.15) is 0 Å². The molecule has 2 rings (SSSR count). The van der Waals surface area contributed by atoms with Crippen molar-refractivity contribution in [1.82, 2.24) is 0 Å². The highest BCUT2D eigenvalue weighted by molar-refractivity contribution is 5.34. The number of ether oxygens (including phenoxy) is 2. The summed E-state index contributed by atoms with van der Waals surface area (Å²) in [6.45, 7) is 1.68. The molecule has 0 aromatic heterocycles. The number of aliphatic hydroxyl groups excluding tert-OH is 2. The van der Waals surface area contributed by atoms with Crippen LogP contribution < -0.4 is 9.47 Å². The molecule has 0 radical (unpaired) electrons. The molecule has 0 bridgehead atoms. The van der Waals surface area contributed by atoms with E-state index >= 15 is 0 Å². The van der Waals surface area contributed by atoms with Crippen molar-refractivity contribution in [2.75, 3.05) is 14.2 Å². The lowest BCUT2D eigenvalue weighted by Crippen LogP contribution is -2.22. The fourth-order valence-electron chi connectivity index (χ4n) is 2.56. The minimum absolute atomic E-state index is 0.417. The summed E-state index contributed by atoms with van der Waals surface area (Å²) in [5.74, 6) is 1.06. The van der Waals surface area contributed by atoms with Gasteiger partial charge in [0.25, 0.3) is 0 Å². The van der Waals surface area contributed by atoms with E-state index in [0.717, 1.165) is 22.6 Å². The highest BCUT2D eigenvalue weighted by Gasteiger charge is 2.27. The Hall–Kier alpha value is -2.04. The van der Waals surface area contributed by atoms with Gasteiger partial charge in [0.15, 0.2) is 0 Å². The van der Waals surface area contributed by atoms with Crippen molar-refractivity contribution in [2.45, 2.75) is 25.0 Å². The molecule has 0 aliphatic rings. The highest BCUT2D eigenvalue weighted by atomic mass is 16.5.